The topological polar surface area (TPSA) is 66.0 Å². The second-order valence-corrected chi connectivity index (χ2v) is 5.51. The van der Waals surface area contributed by atoms with Crippen LogP contribution in [-0.2, 0) is 0 Å². The lowest BCUT2D eigenvalue weighted by Crippen LogP contribution is -2.39. The zero-order chi connectivity index (χ0) is 13.9. The van der Waals surface area contributed by atoms with E-state index in [2.05, 4.69) is 23.7 Å². The molecule has 0 saturated carbocycles. The van der Waals surface area contributed by atoms with Gasteiger partial charge in [0, 0.05) is 13.1 Å². The molecule has 0 spiro atoms. The molecule has 0 aliphatic carbocycles. The van der Waals surface area contributed by atoms with Crippen molar-refractivity contribution >= 4 is 11.5 Å². The van der Waals surface area contributed by atoms with Gasteiger partial charge in [0.05, 0.1) is 11.9 Å². The lowest BCUT2D eigenvalue weighted by molar-refractivity contribution is 0.199. The zero-order valence-corrected chi connectivity index (χ0v) is 11.9. The Bertz CT molecular complexity index is 424. The minimum Gasteiger partial charge on any atom is -0.382 e. The Hall–Kier alpha value is -1.58. The van der Waals surface area contributed by atoms with E-state index in [0.29, 0.717) is 11.1 Å². The summed E-state index contributed by atoms with van der Waals surface area (Å²) in [5.41, 5.74) is 7.66. The average molecular weight is 260 g/mol. The number of pyridine rings is 1. The Morgan fingerprint density at radius 3 is 2.37 bits per heavy atom. The molecule has 2 rings (SSSR count). The molecule has 19 heavy (non-hydrogen) atoms. The minimum atomic E-state index is 0.0289. The monoisotopic (exact) mass is 260 g/mol. The first-order valence-electron chi connectivity index (χ1n) is 7.15. The maximum Gasteiger partial charge on any atom is 0.141 e. The summed E-state index contributed by atoms with van der Waals surface area (Å²) in [6, 6.07) is 3.85. The molecule has 2 heterocycles. The van der Waals surface area contributed by atoms with Gasteiger partial charge in [-0.15, -0.1) is 0 Å². The summed E-state index contributed by atoms with van der Waals surface area (Å²) in [7, 11) is 0. The van der Waals surface area contributed by atoms with Crippen molar-refractivity contribution in [2.24, 2.45) is 11.1 Å². The largest absolute Gasteiger partial charge is 0.382 e. The van der Waals surface area contributed by atoms with Crippen LogP contribution >= 0.6 is 0 Å². The van der Waals surface area contributed by atoms with Crippen molar-refractivity contribution in [3.8, 4) is 0 Å². The highest BCUT2D eigenvalue weighted by atomic mass is 15.1. The van der Waals surface area contributed by atoms with Crippen molar-refractivity contribution in [2.45, 2.75) is 39.5 Å². The molecule has 0 amide bonds. The summed E-state index contributed by atoms with van der Waals surface area (Å²) >= 11 is 0. The predicted molar refractivity (Wildman–Crippen MR) is 79.7 cm³/mol. The van der Waals surface area contributed by atoms with Crippen LogP contribution in [0.25, 0.3) is 0 Å². The molecule has 104 valence electrons. The Morgan fingerprint density at radius 2 is 1.95 bits per heavy atom. The molecule has 1 fully saturated rings. The van der Waals surface area contributed by atoms with E-state index in [4.69, 9.17) is 11.1 Å². The third-order valence-electron chi connectivity index (χ3n) is 4.71. The van der Waals surface area contributed by atoms with Crippen molar-refractivity contribution in [1.29, 1.82) is 5.41 Å². The summed E-state index contributed by atoms with van der Waals surface area (Å²) in [6.45, 7) is 6.82. The van der Waals surface area contributed by atoms with Crippen molar-refractivity contribution in [3.63, 3.8) is 0 Å². The zero-order valence-electron chi connectivity index (χ0n) is 11.9. The lowest BCUT2D eigenvalue weighted by Gasteiger charge is -2.41. The van der Waals surface area contributed by atoms with E-state index in [0.717, 1.165) is 18.8 Å². The maximum absolute atomic E-state index is 7.35. The number of nitrogens with zero attached hydrogens (tertiary/aromatic N) is 2. The predicted octanol–water partition coefficient (Wildman–Crippen LogP) is 2.77. The van der Waals surface area contributed by atoms with Gasteiger partial charge in [-0.3, -0.25) is 10.4 Å². The second-order valence-electron chi connectivity index (χ2n) is 5.51. The number of piperidine rings is 1. The SMILES string of the molecule is CCC1(CC)CCN(c2ccc(C(=N)N)nc2)CC1. The third-order valence-corrected chi connectivity index (χ3v) is 4.71. The van der Waals surface area contributed by atoms with Crippen LogP contribution in [0.2, 0.25) is 0 Å². The van der Waals surface area contributed by atoms with Gasteiger partial charge in [-0.1, -0.05) is 26.7 Å². The van der Waals surface area contributed by atoms with Crippen LogP contribution in [0, 0.1) is 10.8 Å². The molecular weight excluding hydrogens is 236 g/mol. The highest BCUT2D eigenvalue weighted by Gasteiger charge is 2.31. The molecule has 3 N–H and O–H groups in total. The second kappa shape index (κ2) is 5.59. The van der Waals surface area contributed by atoms with E-state index in [9.17, 15) is 0 Å². The van der Waals surface area contributed by atoms with Crippen molar-refractivity contribution in [3.05, 3.63) is 24.0 Å². The third kappa shape index (κ3) is 2.88. The van der Waals surface area contributed by atoms with Crippen molar-refractivity contribution in [1.82, 2.24) is 4.98 Å². The number of hydrogen-bond acceptors (Lipinski definition) is 3. The number of hydrogen-bond donors (Lipinski definition) is 2. The number of amidine groups is 1. The van der Waals surface area contributed by atoms with Gasteiger partial charge in [0.2, 0.25) is 0 Å². The highest BCUT2D eigenvalue weighted by Crippen LogP contribution is 2.38. The Labute approximate surface area is 115 Å². The molecule has 1 aromatic rings. The minimum absolute atomic E-state index is 0.0289. The number of nitrogens with one attached hydrogen (secondary N) is 1. The molecule has 1 aliphatic heterocycles. The van der Waals surface area contributed by atoms with E-state index in [1.165, 1.54) is 25.7 Å². The van der Waals surface area contributed by atoms with Crippen LogP contribution in [0.3, 0.4) is 0 Å². The first-order valence-corrected chi connectivity index (χ1v) is 7.15. The molecular formula is C15H24N4. The number of rotatable bonds is 4. The van der Waals surface area contributed by atoms with Gasteiger partial charge in [0.15, 0.2) is 0 Å². The number of anilines is 1. The van der Waals surface area contributed by atoms with Crippen LogP contribution in [0.4, 0.5) is 5.69 Å². The van der Waals surface area contributed by atoms with Gasteiger partial charge in [0.25, 0.3) is 0 Å². The Kier molecular flexibility index (Phi) is 4.08. The summed E-state index contributed by atoms with van der Waals surface area (Å²) in [5.74, 6) is 0.0289. The molecule has 0 aromatic carbocycles. The van der Waals surface area contributed by atoms with Crippen molar-refractivity contribution < 1.29 is 0 Å². The van der Waals surface area contributed by atoms with E-state index in [1.807, 2.05) is 18.3 Å². The van der Waals surface area contributed by atoms with Gasteiger partial charge >= 0.3 is 0 Å². The molecule has 0 atom stereocenters. The van der Waals surface area contributed by atoms with Crippen LogP contribution in [0.5, 0.6) is 0 Å². The number of nitrogens with two attached hydrogens (primary N) is 1. The Balaban J connectivity index is 2.03. The standard InChI is InChI=1S/C15H24N4/c1-3-15(4-2)7-9-19(10-8-15)12-5-6-13(14(16)17)18-11-12/h5-6,11H,3-4,7-10H2,1-2H3,(H3,16,17). The van der Waals surface area contributed by atoms with Crippen molar-refractivity contribution in [2.75, 3.05) is 18.0 Å². The van der Waals surface area contributed by atoms with Crippen LogP contribution in [0.1, 0.15) is 45.2 Å². The van der Waals surface area contributed by atoms with Gasteiger partial charge in [-0.2, -0.15) is 0 Å². The van der Waals surface area contributed by atoms with E-state index in [1.54, 1.807) is 0 Å². The van der Waals surface area contributed by atoms with Crippen LogP contribution in [0.15, 0.2) is 18.3 Å². The molecule has 4 nitrogen and oxygen atoms in total. The average Bonchev–Trinajstić information content (AvgIpc) is 2.47. The summed E-state index contributed by atoms with van der Waals surface area (Å²) < 4.78 is 0. The fourth-order valence-electron chi connectivity index (χ4n) is 2.93. The molecule has 0 radical (unpaired) electrons. The summed E-state index contributed by atoms with van der Waals surface area (Å²) in [4.78, 5) is 6.63. The highest BCUT2D eigenvalue weighted by molar-refractivity contribution is 5.93. The van der Waals surface area contributed by atoms with Gasteiger partial charge in [-0.25, -0.2) is 0 Å². The fraction of sp³-hybridized carbons (Fsp3) is 0.600. The maximum atomic E-state index is 7.35. The van der Waals surface area contributed by atoms with E-state index >= 15 is 0 Å². The molecule has 4 heteroatoms. The molecule has 1 aromatic heterocycles. The number of aromatic nitrogens is 1. The molecule has 1 saturated heterocycles. The normalized spacial score (nSPS) is 18.3. The van der Waals surface area contributed by atoms with E-state index in [-0.39, 0.29) is 5.84 Å². The molecule has 0 bridgehead atoms. The van der Waals surface area contributed by atoms with Gasteiger partial charge in [0.1, 0.15) is 11.5 Å². The smallest absolute Gasteiger partial charge is 0.141 e. The Morgan fingerprint density at radius 1 is 1.32 bits per heavy atom. The molecule has 1 aliphatic rings. The van der Waals surface area contributed by atoms with Crippen LogP contribution in [-0.4, -0.2) is 23.9 Å². The lowest BCUT2D eigenvalue weighted by atomic mass is 9.74. The van der Waals surface area contributed by atoms with Gasteiger partial charge < -0.3 is 10.6 Å². The van der Waals surface area contributed by atoms with Crippen LogP contribution < -0.4 is 10.6 Å². The first-order chi connectivity index (χ1) is 9.10. The van der Waals surface area contributed by atoms with Gasteiger partial charge in [-0.05, 0) is 30.4 Å². The fourth-order valence-corrected chi connectivity index (χ4v) is 2.93. The summed E-state index contributed by atoms with van der Waals surface area (Å²) in [5, 5.41) is 7.35. The number of nitrogen functional groups attached to an aromatic ring is 1. The summed E-state index contributed by atoms with van der Waals surface area (Å²) in [6.07, 6.45) is 6.91. The van der Waals surface area contributed by atoms with E-state index < -0.39 is 0 Å². The quantitative estimate of drug-likeness (QED) is 0.646. The first kappa shape index (κ1) is 13.8. The molecule has 0 unspecified atom stereocenters.